The van der Waals surface area contributed by atoms with Crippen LogP contribution in [0.5, 0.6) is 0 Å². The van der Waals surface area contributed by atoms with Crippen molar-refractivity contribution in [1.82, 2.24) is 20.3 Å². The van der Waals surface area contributed by atoms with Crippen molar-refractivity contribution in [2.75, 3.05) is 12.4 Å². The van der Waals surface area contributed by atoms with Crippen LogP contribution in [-0.2, 0) is 22.6 Å². The molecule has 1 heterocycles. The van der Waals surface area contributed by atoms with E-state index in [2.05, 4.69) is 25.7 Å². The van der Waals surface area contributed by atoms with Crippen LogP contribution >= 0.6 is 0 Å². The maximum Gasteiger partial charge on any atom is 0.411 e. The van der Waals surface area contributed by atoms with Gasteiger partial charge in [-0.05, 0) is 29.8 Å². The van der Waals surface area contributed by atoms with Crippen LogP contribution in [0, 0.1) is 0 Å². The van der Waals surface area contributed by atoms with Crippen molar-refractivity contribution >= 4 is 28.6 Å². The van der Waals surface area contributed by atoms with Crippen LogP contribution in [0.25, 0.3) is 10.9 Å². The van der Waals surface area contributed by atoms with E-state index in [1.807, 2.05) is 0 Å². The normalized spacial score (nSPS) is 10.4. The molecule has 0 saturated carbocycles. The van der Waals surface area contributed by atoms with Gasteiger partial charge < -0.3 is 10.1 Å². The van der Waals surface area contributed by atoms with Gasteiger partial charge in [-0.15, -0.1) is 5.10 Å². The molecule has 2 N–H and O–H groups in total. The van der Waals surface area contributed by atoms with Gasteiger partial charge in [0, 0.05) is 12.2 Å². The van der Waals surface area contributed by atoms with E-state index in [4.69, 9.17) is 0 Å². The van der Waals surface area contributed by atoms with Gasteiger partial charge in [-0.25, -0.2) is 9.48 Å². The Kier molecular flexibility index (Phi) is 5.41. The maximum atomic E-state index is 12.3. The highest BCUT2D eigenvalue weighted by Crippen LogP contribution is 2.09. The van der Waals surface area contributed by atoms with Crippen LogP contribution in [0.15, 0.2) is 53.3 Å². The lowest BCUT2D eigenvalue weighted by Crippen LogP contribution is -2.34. The zero-order valence-corrected chi connectivity index (χ0v) is 14.5. The molecule has 0 unspecified atom stereocenters. The molecule has 0 spiro atoms. The molecule has 3 rings (SSSR count). The summed E-state index contributed by atoms with van der Waals surface area (Å²) in [7, 11) is 1.28. The molecular weight excluding hydrogens is 350 g/mol. The second-order valence-electron chi connectivity index (χ2n) is 5.66. The van der Waals surface area contributed by atoms with E-state index in [-0.39, 0.29) is 24.6 Å². The molecule has 1 aromatic heterocycles. The highest BCUT2D eigenvalue weighted by atomic mass is 16.5. The van der Waals surface area contributed by atoms with E-state index in [9.17, 15) is 14.4 Å². The van der Waals surface area contributed by atoms with E-state index in [1.165, 1.54) is 7.11 Å². The van der Waals surface area contributed by atoms with Crippen LogP contribution < -0.4 is 16.2 Å². The molecule has 0 atom stereocenters. The fourth-order valence-electron chi connectivity index (χ4n) is 2.39. The molecule has 0 aliphatic carbocycles. The number of fused-ring (bicyclic) bond motifs is 1. The highest BCUT2D eigenvalue weighted by Gasteiger charge is 2.09. The zero-order chi connectivity index (χ0) is 19.2. The van der Waals surface area contributed by atoms with Crippen molar-refractivity contribution in [2.45, 2.75) is 13.1 Å². The Morgan fingerprint density at radius 1 is 1.11 bits per heavy atom. The summed E-state index contributed by atoms with van der Waals surface area (Å²) >= 11 is 0. The number of carbonyl (C=O) groups is 2. The standard InChI is InChI=1S/C18H17N5O4/c1-27-18(26)20-13-8-6-12(7-9-13)10-19-16(24)11-23-17(25)14-4-2-3-5-15(14)21-22-23/h2-9H,10-11H2,1H3,(H,19,24)(H,20,26). The average molecular weight is 367 g/mol. The first-order valence-electron chi connectivity index (χ1n) is 8.10. The van der Waals surface area contributed by atoms with E-state index in [0.717, 1.165) is 10.2 Å². The number of amides is 2. The molecule has 0 aliphatic heterocycles. The van der Waals surface area contributed by atoms with Gasteiger partial charge in [0.1, 0.15) is 12.1 Å². The van der Waals surface area contributed by atoms with E-state index >= 15 is 0 Å². The Labute approximate surface area is 153 Å². The fraction of sp³-hybridized carbons (Fsp3) is 0.167. The van der Waals surface area contributed by atoms with Gasteiger partial charge in [-0.1, -0.05) is 29.5 Å². The number of carbonyl (C=O) groups excluding carboxylic acids is 2. The number of nitrogens with zero attached hydrogens (tertiary/aromatic N) is 3. The Morgan fingerprint density at radius 2 is 1.85 bits per heavy atom. The van der Waals surface area contributed by atoms with Gasteiger partial charge in [0.2, 0.25) is 5.91 Å². The molecule has 0 saturated heterocycles. The molecule has 27 heavy (non-hydrogen) atoms. The summed E-state index contributed by atoms with van der Waals surface area (Å²) in [6, 6.07) is 13.7. The molecule has 9 nitrogen and oxygen atoms in total. The minimum Gasteiger partial charge on any atom is -0.453 e. The Bertz CT molecular complexity index is 1030. The number of nitrogens with one attached hydrogen (secondary N) is 2. The summed E-state index contributed by atoms with van der Waals surface area (Å²) < 4.78 is 5.54. The van der Waals surface area contributed by atoms with E-state index in [0.29, 0.717) is 16.6 Å². The lowest BCUT2D eigenvalue weighted by Gasteiger charge is -2.08. The van der Waals surface area contributed by atoms with Crippen molar-refractivity contribution in [1.29, 1.82) is 0 Å². The average Bonchev–Trinajstić information content (AvgIpc) is 2.69. The van der Waals surface area contributed by atoms with Crippen molar-refractivity contribution in [3.63, 3.8) is 0 Å². The number of aromatic nitrogens is 3. The van der Waals surface area contributed by atoms with E-state index in [1.54, 1.807) is 48.5 Å². The summed E-state index contributed by atoms with van der Waals surface area (Å²) in [4.78, 5) is 35.6. The lowest BCUT2D eigenvalue weighted by molar-refractivity contribution is -0.122. The fourth-order valence-corrected chi connectivity index (χ4v) is 2.39. The van der Waals surface area contributed by atoms with Gasteiger partial charge in [0.25, 0.3) is 5.56 Å². The summed E-state index contributed by atoms with van der Waals surface area (Å²) in [5.41, 5.74) is 1.53. The highest BCUT2D eigenvalue weighted by molar-refractivity contribution is 5.84. The molecule has 3 aromatic rings. The lowest BCUT2D eigenvalue weighted by atomic mass is 10.2. The summed E-state index contributed by atoms with van der Waals surface area (Å²) in [6.45, 7) is 0.0474. The van der Waals surface area contributed by atoms with Gasteiger partial charge in [-0.3, -0.25) is 14.9 Å². The molecule has 138 valence electrons. The number of rotatable bonds is 5. The monoisotopic (exact) mass is 367 g/mol. The smallest absolute Gasteiger partial charge is 0.411 e. The Balaban J connectivity index is 1.59. The second kappa shape index (κ2) is 8.09. The van der Waals surface area contributed by atoms with Gasteiger partial charge in [0.05, 0.1) is 12.5 Å². The van der Waals surface area contributed by atoms with Crippen molar-refractivity contribution < 1.29 is 14.3 Å². The molecule has 9 heteroatoms. The first kappa shape index (κ1) is 18.1. The van der Waals surface area contributed by atoms with E-state index < -0.39 is 6.09 Å². The molecule has 2 amide bonds. The van der Waals surface area contributed by atoms with Crippen LogP contribution in [0.4, 0.5) is 10.5 Å². The van der Waals surface area contributed by atoms with Gasteiger partial charge in [0.15, 0.2) is 0 Å². The van der Waals surface area contributed by atoms with Crippen LogP contribution in [0.1, 0.15) is 5.56 Å². The minimum absolute atomic E-state index is 0.224. The van der Waals surface area contributed by atoms with Crippen LogP contribution in [0.3, 0.4) is 0 Å². The number of hydrogen-bond donors (Lipinski definition) is 2. The third-order valence-electron chi connectivity index (χ3n) is 3.80. The topological polar surface area (TPSA) is 115 Å². The molecule has 0 radical (unpaired) electrons. The first-order valence-corrected chi connectivity index (χ1v) is 8.10. The molecule has 0 bridgehead atoms. The van der Waals surface area contributed by atoms with Gasteiger partial charge in [-0.2, -0.15) is 0 Å². The molecule has 2 aromatic carbocycles. The third kappa shape index (κ3) is 4.46. The predicted octanol–water partition coefficient (Wildman–Crippen LogP) is 1.29. The summed E-state index contributed by atoms with van der Waals surface area (Å²) in [5.74, 6) is -0.363. The number of ether oxygens (including phenoxy) is 1. The van der Waals surface area contributed by atoms with Crippen molar-refractivity contribution in [2.24, 2.45) is 0 Å². The SMILES string of the molecule is COC(=O)Nc1ccc(CNC(=O)Cn2nnc3ccccc3c2=O)cc1. The summed E-state index contributed by atoms with van der Waals surface area (Å²) in [5, 5.41) is 13.4. The van der Waals surface area contributed by atoms with Crippen molar-refractivity contribution in [3.05, 3.63) is 64.4 Å². The number of anilines is 1. The van der Waals surface area contributed by atoms with Crippen LogP contribution in [0.2, 0.25) is 0 Å². The third-order valence-corrected chi connectivity index (χ3v) is 3.80. The van der Waals surface area contributed by atoms with Crippen LogP contribution in [-0.4, -0.2) is 34.1 Å². The number of methoxy groups -OCH3 is 1. The first-order chi connectivity index (χ1) is 13.1. The predicted molar refractivity (Wildman–Crippen MR) is 98.1 cm³/mol. The quantitative estimate of drug-likeness (QED) is 0.702. The second-order valence-corrected chi connectivity index (χ2v) is 5.66. The number of benzene rings is 2. The van der Waals surface area contributed by atoms with Crippen molar-refractivity contribution in [3.8, 4) is 0 Å². The maximum absolute atomic E-state index is 12.3. The molecule has 0 fully saturated rings. The number of hydrogen-bond acceptors (Lipinski definition) is 6. The zero-order valence-electron chi connectivity index (χ0n) is 14.5. The summed E-state index contributed by atoms with van der Waals surface area (Å²) in [6.07, 6.45) is -0.557. The molecular formula is C18H17N5O4. The Hall–Kier alpha value is -3.75. The van der Waals surface area contributed by atoms with Gasteiger partial charge >= 0.3 is 6.09 Å². The minimum atomic E-state index is -0.557. The molecule has 0 aliphatic rings. The Morgan fingerprint density at radius 3 is 2.59 bits per heavy atom. The largest absolute Gasteiger partial charge is 0.453 e.